The summed E-state index contributed by atoms with van der Waals surface area (Å²) in [5.74, 6) is 0.0913. The topological polar surface area (TPSA) is 118 Å². The molecule has 130 valence electrons. The van der Waals surface area contributed by atoms with E-state index in [4.69, 9.17) is 14.7 Å². The number of sulfonamides is 1. The number of hydrazine groups is 1. The SMILES string of the molecule is COc1ccc(C(=O)NNS(=O)(=O)c2cccc(C#N)c2)cc1OC. The molecular formula is C16H15N3O5S. The van der Waals surface area contributed by atoms with Gasteiger partial charge in [-0.15, -0.1) is 4.83 Å². The molecule has 2 N–H and O–H groups in total. The van der Waals surface area contributed by atoms with Gasteiger partial charge < -0.3 is 9.47 Å². The first-order valence-electron chi connectivity index (χ1n) is 6.95. The molecular weight excluding hydrogens is 346 g/mol. The number of nitriles is 1. The molecule has 0 spiro atoms. The van der Waals surface area contributed by atoms with E-state index in [1.807, 2.05) is 10.9 Å². The van der Waals surface area contributed by atoms with Crippen molar-refractivity contribution < 1.29 is 22.7 Å². The summed E-state index contributed by atoms with van der Waals surface area (Å²) in [5.41, 5.74) is 2.47. The smallest absolute Gasteiger partial charge is 0.266 e. The zero-order valence-electron chi connectivity index (χ0n) is 13.4. The fourth-order valence-corrected chi connectivity index (χ4v) is 2.84. The van der Waals surface area contributed by atoms with Gasteiger partial charge in [-0.05, 0) is 36.4 Å². The maximum absolute atomic E-state index is 12.2. The van der Waals surface area contributed by atoms with Gasteiger partial charge in [0.1, 0.15) is 0 Å². The Bertz CT molecular complexity index is 935. The van der Waals surface area contributed by atoms with E-state index in [9.17, 15) is 13.2 Å². The summed E-state index contributed by atoms with van der Waals surface area (Å²) in [7, 11) is -1.13. The van der Waals surface area contributed by atoms with Crippen molar-refractivity contribution in [2.75, 3.05) is 14.2 Å². The highest BCUT2D eigenvalue weighted by atomic mass is 32.2. The Morgan fingerprint density at radius 1 is 1.08 bits per heavy atom. The lowest BCUT2D eigenvalue weighted by molar-refractivity contribution is 0.0944. The molecule has 2 aromatic carbocycles. The minimum atomic E-state index is -4.01. The van der Waals surface area contributed by atoms with E-state index >= 15 is 0 Å². The van der Waals surface area contributed by atoms with E-state index in [2.05, 4.69) is 5.43 Å². The predicted molar refractivity (Wildman–Crippen MR) is 88.5 cm³/mol. The average Bonchev–Trinajstić information content (AvgIpc) is 2.65. The molecule has 0 aliphatic heterocycles. The van der Waals surface area contributed by atoms with Crippen LogP contribution in [0.1, 0.15) is 15.9 Å². The molecule has 25 heavy (non-hydrogen) atoms. The van der Waals surface area contributed by atoms with E-state index < -0.39 is 15.9 Å². The number of carbonyl (C=O) groups excluding carboxylic acids is 1. The molecule has 0 fully saturated rings. The van der Waals surface area contributed by atoms with Gasteiger partial charge in [0, 0.05) is 5.56 Å². The highest BCUT2D eigenvalue weighted by Gasteiger charge is 2.17. The number of hydrogen-bond acceptors (Lipinski definition) is 6. The molecule has 0 aliphatic rings. The van der Waals surface area contributed by atoms with Crippen molar-refractivity contribution in [3.05, 3.63) is 53.6 Å². The largest absolute Gasteiger partial charge is 0.493 e. The molecule has 2 rings (SSSR count). The van der Waals surface area contributed by atoms with Gasteiger partial charge in [0.15, 0.2) is 11.5 Å². The van der Waals surface area contributed by atoms with Gasteiger partial charge in [0.2, 0.25) is 0 Å². The summed E-state index contributed by atoms with van der Waals surface area (Å²) >= 11 is 0. The van der Waals surface area contributed by atoms with E-state index in [-0.39, 0.29) is 16.0 Å². The van der Waals surface area contributed by atoms with Crippen LogP contribution in [0.3, 0.4) is 0 Å². The lowest BCUT2D eigenvalue weighted by Crippen LogP contribution is -2.41. The quantitative estimate of drug-likeness (QED) is 0.747. The second-order valence-electron chi connectivity index (χ2n) is 4.77. The van der Waals surface area contributed by atoms with E-state index in [0.29, 0.717) is 11.5 Å². The number of nitrogens with one attached hydrogen (secondary N) is 2. The summed E-state index contributed by atoms with van der Waals surface area (Å²) in [6.07, 6.45) is 0. The van der Waals surface area contributed by atoms with Crippen LogP contribution in [0.25, 0.3) is 0 Å². The van der Waals surface area contributed by atoms with Crippen LogP contribution in [0.4, 0.5) is 0 Å². The zero-order valence-corrected chi connectivity index (χ0v) is 14.3. The van der Waals surface area contributed by atoms with E-state index in [1.165, 1.54) is 56.7 Å². The van der Waals surface area contributed by atoms with Crippen LogP contribution >= 0.6 is 0 Å². The van der Waals surface area contributed by atoms with Crippen LogP contribution in [-0.2, 0) is 10.0 Å². The first-order chi connectivity index (χ1) is 11.9. The molecule has 1 amide bonds. The standard InChI is InChI=1S/C16H15N3O5S/c1-23-14-7-6-12(9-15(14)24-2)16(20)18-19-25(21,22)13-5-3-4-11(8-13)10-17/h3-9,19H,1-2H3,(H,18,20). The third kappa shape index (κ3) is 4.26. The fourth-order valence-electron chi connectivity index (χ4n) is 1.95. The van der Waals surface area contributed by atoms with Crippen LogP contribution in [0.2, 0.25) is 0 Å². The summed E-state index contributed by atoms with van der Waals surface area (Å²) in [4.78, 5) is 14.0. The number of hydrogen-bond donors (Lipinski definition) is 2. The van der Waals surface area contributed by atoms with E-state index in [1.54, 1.807) is 0 Å². The lowest BCUT2D eigenvalue weighted by atomic mass is 10.2. The Morgan fingerprint density at radius 2 is 1.80 bits per heavy atom. The second kappa shape index (κ2) is 7.65. The van der Waals surface area contributed by atoms with Gasteiger partial charge in [-0.3, -0.25) is 10.2 Å². The molecule has 9 heteroatoms. The van der Waals surface area contributed by atoms with Gasteiger partial charge in [-0.1, -0.05) is 6.07 Å². The minimum absolute atomic E-state index is 0.140. The van der Waals surface area contributed by atoms with Gasteiger partial charge in [0.25, 0.3) is 15.9 Å². The van der Waals surface area contributed by atoms with Crippen molar-refractivity contribution in [3.8, 4) is 17.6 Å². The third-order valence-electron chi connectivity index (χ3n) is 3.22. The van der Waals surface area contributed by atoms with Crippen molar-refractivity contribution in [1.29, 1.82) is 5.26 Å². The summed E-state index contributed by atoms with van der Waals surface area (Å²) in [5, 5.41) is 8.83. The first kappa shape index (κ1) is 18.3. The van der Waals surface area contributed by atoms with Crippen LogP contribution < -0.4 is 19.7 Å². The summed E-state index contributed by atoms with van der Waals surface area (Å²) in [6, 6.07) is 11.7. The number of nitrogens with zero attached hydrogens (tertiary/aromatic N) is 1. The van der Waals surface area contributed by atoms with Crippen molar-refractivity contribution in [2.45, 2.75) is 4.90 Å². The monoisotopic (exact) mass is 361 g/mol. The molecule has 0 saturated heterocycles. The van der Waals surface area contributed by atoms with Crippen molar-refractivity contribution in [3.63, 3.8) is 0 Å². The summed E-state index contributed by atoms with van der Waals surface area (Å²) < 4.78 is 34.5. The highest BCUT2D eigenvalue weighted by Crippen LogP contribution is 2.27. The van der Waals surface area contributed by atoms with Crippen molar-refractivity contribution in [2.24, 2.45) is 0 Å². The Balaban J connectivity index is 2.15. The number of ether oxygens (including phenoxy) is 2. The summed E-state index contributed by atoms with van der Waals surface area (Å²) in [6.45, 7) is 0. The maximum Gasteiger partial charge on any atom is 0.266 e. The van der Waals surface area contributed by atoms with Crippen LogP contribution in [0.5, 0.6) is 11.5 Å². The molecule has 8 nitrogen and oxygen atoms in total. The average molecular weight is 361 g/mol. The van der Waals surface area contributed by atoms with Gasteiger partial charge in [-0.2, -0.15) is 5.26 Å². The predicted octanol–water partition coefficient (Wildman–Crippen LogP) is 1.20. The minimum Gasteiger partial charge on any atom is -0.493 e. The Kier molecular flexibility index (Phi) is 5.59. The number of rotatable bonds is 6. The molecule has 2 aromatic rings. The fraction of sp³-hybridized carbons (Fsp3) is 0.125. The van der Waals surface area contributed by atoms with Crippen molar-refractivity contribution >= 4 is 15.9 Å². The Hall–Kier alpha value is -3.09. The van der Waals surface area contributed by atoms with Crippen LogP contribution in [0, 0.1) is 11.3 Å². The zero-order chi connectivity index (χ0) is 18.4. The highest BCUT2D eigenvalue weighted by molar-refractivity contribution is 7.89. The van der Waals surface area contributed by atoms with Gasteiger partial charge in [-0.25, -0.2) is 8.42 Å². The number of methoxy groups -OCH3 is 2. The van der Waals surface area contributed by atoms with Crippen LogP contribution in [0.15, 0.2) is 47.4 Å². The number of carbonyl (C=O) groups is 1. The molecule has 0 heterocycles. The first-order valence-corrected chi connectivity index (χ1v) is 8.44. The molecule has 0 aromatic heterocycles. The number of benzene rings is 2. The normalized spacial score (nSPS) is 10.6. The van der Waals surface area contributed by atoms with Gasteiger partial charge in [0.05, 0.1) is 30.7 Å². The van der Waals surface area contributed by atoms with Crippen molar-refractivity contribution in [1.82, 2.24) is 10.3 Å². The molecule has 0 aliphatic carbocycles. The Morgan fingerprint density at radius 3 is 2.44 bits per heavy atom. The molecule has 0 bridgehead atoms. The molecule has 0 radical (unpaired) electrons. The Labute approximate surface area is 145 Å². The van der Waals surface area contributed by atoms with E-state index in [0.717, 1.165) is 0 Å². The molecule has 0 unspecified atom stereocenters. The second-order valence-corrected chi connectivity index (χ2v) is 6.45. The third-order valence-corrected chi connectivity index (χ3v) is 4.46. The maximum atomic E-state index is 12.2. The molecule has 0 atom stereocenters. The van der Waals surface area contributed by atoms with Gasteiger partial charge >= 0.3 is 0 Å². The lowest BCUT2D eigenvalue weighted by Gasteiger charge is -2.11. The van der Waals surface area contributed by atoms with Crippen LogP contribution in [-0.4, -0.2) is 28.5 Å². The molecule has 0 saturated carbocycles. The number of amides is 1.